The zero-order valence-corrected chi connectivity index (χ0v) is 12.2. The summed E-state index contributed by atoms with van der Waals surface area (Å²) in [4.78, 5) is 12.0. The molecule has 0 saturated heterocycles. The lowest BCUT2D eigenvalue weighted by molar-refractivity contribution is 0.0952. The number of anilines is 1. The maximum absolute atomic E-state index is 12.0. The van der Waals surface area contributed by atoms with Gasteiger partial charge in [0.1, 0.15) is 0 Å². The molecule has 2 rings (SSSR count). The molecule has 0 heterocycles. The van der Waals surface area contributed by atoms with Crippen LogP contribution in [-0.2, 0) is 6.54 Å². The van der Waals surface area contributed by atoms with Crippen LogP contribution in [0.2, 0.25) is 0 Å². The first-order chi connectivity index (χ1) is 9.06. The number of aryl methyl sites for hydroxylation is 1. The van der Waals surface area contributed by atoms with Gasteiger partial charge in [-0.2, -0.15) is 0 Å². The van der Waals surface area contributed by atoms with Crippen LogP contribution < -0.4 is 11.1 Å². The standard InChI is InChI=1S/C15H15BrN2O/c1-10-3-2-4-11(7-10)9-18-15(19)13-6-5-12(16)8-14(13)17/h2-8H,9,17H2,1H3,(H,18,19). The van der Waals surface area contributed by atoms with Gasteiger partial charge in [0.2, 0.25) is 0 Å². The van der Waals surface area contributed by atoms with Crippen molar-refractivity contribution >= 4 is 27.5 Å². The number of benzene rings is 2. The number of carbonyl (C=O) groups excluding carboxylic acids is 1. The molecule has 0 unspecified atom stereocenters. The Morgan fingerprint density at radius 1 is 1.26 bits per heavy atom. The summed E-state index contributed by atoms with van der Waals surface area (Å²) in [7, 11) is 0. The molecule has 0 atom stereocenters. The Morgan fingerprint density at radius 2 is 2.05 bits per heavy atom. The molecule has 3 nitrogen and oxygen atoms in total. The molecule has 0 aliphatic rings. The molecule has 0 aromatic heterocycles. The summed E-state index contributed by atoms with van der Waals surface area (Å²) in [6, 6.07) is 13.3. The zero-order valence-electron chi connectivity index (χ0n) is 10.6. The molecule has 3 N–H and O–H groups in total. The van der Waals surface area contributed by atoms with E-state index in [-0.39, 0.29) is 5.91 Å². The maximum Gasteiger partial charge on any atom is 0.253 e. The lowest BCUT2D eigenvalue weighted by Crippen LogP contribution is -2.23. The number of nitrogens with two attached hydrogens (primary N) is 1. The minimum atomic E-state index is -0.161. The van der Waals surface area contributed by atoms with Crippen molar-refractivity contribution in [3.05, 3.63) is 63.6 Å². The molecular weight excluding hydrogens is 304 g/mol. The number of nitrogens with one attached hydrogen (secondary N) is 1. The van der Waals surface area contributed by atoms with Gasteiger partial charge in [0.25, 0.3) is 5.91 Å². The molecular formula is C15H15BrN2O. The first-order valence-electron chi connectivity index (χ1n) is 5.95. The fourth-order valence-corrected chi connectivity index (χ4v) is 2.22. The lowest BCUT2D eigenvalue weighted by atomic mass is 10.1. The van der Waals surface area contributed by atoms with E-state index in [0.29, 0.717) is 17.8 Å². The summed E-state index contributed by atoms with van der Waals surface area (Å²) in [6.45, 7) is 2.52. The summed E-state index contributed by atoms with van der Waals surface area (Å²) in [5.74, 6) is -0.161. The minimum Gasteiger partial charge on any atom is -0.398 e. The smallest absolute Gasteiger partial charge is 0.253 e. The number of nitrogen functional groups attached to an aromatic ring is 1. The van der Waals surface area contributed by atoms with E-state index < -0.39 is 0 Å². The van der Waals surface area contributed by atoms with Crippen molar-refractivity contribution in [1.29, 1.82) is 0 Å². The van der Waals surface area contributed by atoms with Crippen LogP contribution in [0.25, 0.3) is 0 Å². The highest BCUT2D eigenvalue weighted by atomic mass is 79.9. The Labute approximate surface area is 121 Å². The second-order valence-electron chi connectivity index (χ2n) is 4.40. The van der Waals surface area contributed by atoms with Gasteiger partial charge in [0, 0.05) is 16.7 Å². The summed E-state index contributed by atoms with van der Waals surface area (Å²) in [6.07, 6.45) is 0. The van der Waals surface area contributed by atoms with Gasteiger partial charge in [0.05, 0.1) is 5.56 Å². The number of amides is 1. The van der Waals surface area contributed by atoms with Crippen molar-refractivity contribution < 1.29 is 4.79 Å². The van der Waals surface area contributed by atoms with Crippen LogP contribution >= 0.6 is 15.9 Å². The maximum atomic E-state index is 12.0. The summed E-state index contributed by atoms with van der Waals surface area (Å²) < 4.78 is 0.861. The predicted molar refractivity (Wildman–Crippen MR) is 80.9 cm³/mol. The van der Waals surface area contributed by atoms with Crippen LogP contribution in [0.1, 0.15) is 21.5 Å². The van der Waals surface area contributed by atoms with Crippen molar-refractivity contribution in [2.24, 2.45) is 0 Å². The van der Waals surface area contributed by atoms with Gasteiger partial charge in [-0.25, -0.2) is 0 Å². The Kier molecular flexibility index (Phi) is 4.22. The van der Waals surface area contributed by atoms with Gasteiger partial charge < -0.3 is 11.1 Å². The van der Waals surface area contributed by atoms with E-state index in [2.05, 4.69) is 21.2 Å². The molecule has 0 spiro atoms. The van der Waals surface area contributed by atoms with Crippen molar-refractivity contribution in [2.75, 3.05) is 5.73 Å². The van der Waals surface area contributed by atoms with Crippen LogP contribution in [0.5, 0.6) is 0 Å². The largest absolute Gasteiger partial charge is 0.398 e. The van der Waals surface area contributed by atoms with Gasteiger partial charge in [0.15, 0.2) is 0 Å². The first-order valence-corrected chi connectivity index (χ1v) is 6.74. The molecule has 0 aliphatic heterocycles. The molecule has 2 aromatic carbocycles. The molecule has 0 radical (unpaired) electrons. The minimum absolute atomic E-state index is 0.161. The van der Waals surface area contributed by atoms with E-state index in [1.807, 2.05) is 31.2 Å². The summed E-state index contributed by atoms with van der Waals surface area (Å²) in [5, 5.41) is 2.87. The second-order valence-corrected chi connectivity index (χ2v) is 5.32. The number of rotatable bonds is 3. The van der Waals surface area contributed by atoms with Crippen molar-refractivity contribution in [2.45, 2.75) is 13.5 Å². The van der Waals surface area contributed by atoms with E-state index in [1.54, 1.807) is 18.2 Å². The third-order valence-electron chi connectivity index (χ3n) is 2.79. The quantitative estimate of drug-likeness (QED) is 0.853. The monoisotopic (exact) mass is 318 g/mol. The van der Waals surface area contributed by atoms with E-state index in [4.69, 9.17) is 5.73 Å². The van der Waals surface area contributed by atoms with Gasteiger partial charge >= 0.3 is 0 Å². The molecule has 2 aromatic rings. The zero-order chi connectivity index (χ0) is 13.8. The van der Waals surface area contributed by atoms with Crippen LogP contribution in [0.15, 0.2) is 46.9 Å². The normalized spacial score (nSPS) is 10.2. The van der Waals surface area contributed by atoms with Crippen LogP contribution in [0.3, 0.4) is 0 Å². The van der Waals surface area contributed by atoms with Crippen LogP contribution in [0, 0.1) is 6.92 Å². The van der Waals surface area contributed by atoms with Crippen LogP contribution in [-0.4, -0.2) is 5.91 Å². The highest BCUT2D eigenvalue weighted by molar-refractivity contribution is 9.10. The number of carbonyl (C=O) groups is 1. The van der Waals surface area contributed by atoms with Crippen molar-refractivity contribution in [3.63, 3.8) is 0 Å². The SMILES string of the molecule is Cc1cccc(CNC(=O)c2ccc(Br)cc2N)c1. The average molecular weight is 319 g/mol. The van der Waals surface area contributed by atoms with Gasteiger partial charge in [-0.1, -0.05) is 45.8 Å². The van der Waals surface area contributed by atoms with Crippen molar-refractivity contribution in [1.82, 2.24) is 5.32 Å². The third-order valence-corrected chi connectivity index (χ3v) is 3.29. The predicted octanol–water partition coefficient (Wildman–Crippen LogP) is 3.27. The number of hydrogen-bond donors (Lipinski definition) is 2. The Bertz CT molecular complexity index is 611. The van der Waals surface area contributed by atoms with E-state index in [9.17, 15) is 4.79 Å². The highest BCUT2D eigenvalue weighted by Crippen LogP contribution is 2.18. The Hall–Kier alpha value is -1.81. The van der Waals surface area contributed by atoms with Crippen molar-refractivity contribution in [3.8, 4) is 0 Å². The molecule has 19 heavy (non-hydrogen) atoms. The Balaban J connectivity index is 2.05. The van der Waals surface area contributed by atoms with Gasteiger partial charge in [-0.15, -0.1) is 0 Å². The fraction of sp³-hybridized carbons (Fsp3) is 0.133. The number of halogens is 1. The highest BCUT2D eigenvalue weighted by Gasteiger charge is 2.09. The second kappa shape index (κ2) is 5.89. The van der Waals surface area contributed by atoms with Gasteiger partial charge in [-0.3, -0.25) is 4.79 Å². The number of hydrogen-bond acceptors (Lipinski definition) is 2. The molecule has 98 valence electrons. The van der Waals surface area contributed by atoms with E-state index in [1.165, 1.54) is 5.56 Å². The molecule has 0 bridgehead atoms. The Morgan fingerprint density at radius 3 is 2.74 bits per heavy atom. The summed E-state index contributed by atoms with van der Waals surface area (Å²) >= 11 is 3.32. The van der Waals surface area contributed by atoms with Gasteiger partial charge in [-0.05, 0) is 30.7 Å². The molecule has 4 heteroatoms. The molecule has 0 aliphatic carbocycles. The summed E-state index contributed by atoms with van der Waals surface area (Å²) in [5.41, 5.74) is 9.04. The third kappa shape index (κ3) is 3.58. The lowest BCUT2D eigenvalue weighted by Gasteiger charge is -2.08. The molecule has 0 saturated carbocycles. The first kappa shape index (κ1) is 13.6. The van der Waals surface area contributed by atoms with E-state index in [0.717, 1.165) is 10.0 Å². The van der Waals surface area contributed by atoms with E-state index >= 15 is 0 Å². The molecule has 1 amide bonds. The average Bonchev–Trinajstić information content (AvgIpc) is 2.36. The van der Waals surface area contributed by atoms with Crippen LogP contribution in [0.4, 0.5) is 5.69 Å². The topological polar surface area (TPSA) is 55.1 Å². The molecule has 0 fully saturated rings. The fourth-order valence-electron chi connectivity index (χ4n) is 1.84.